The molecule has 2 heterocycles. The number of rotatable bonds is 2. The molecule has 2 aliphatic rings. The van der Waals surface area contributed by atoms with Crippen molar-refractivity contribution in [2.75, 3.05) is 0 Å². The van der Waals surface area contributed by atoms with E-state index < -0.39 is 0 Å². The number of nitrogens with zero attached hydrogens (tertiary/aromatic N) is 2. The molecule has 0 radical (unpaired) electrons. The topological polar surface area (TPSA) is 36.3 Å². The Hall–Kier alpha value is -0.805. The number of hydrogen-bond donors (Lipinski definition) is 0. The van der Waals surface area contributed by atoms with Crippen molar-refractivity contribution in [2.24, 2.45) is 0 Å². The molecule has 0 spiro atoms. The molecule has 22 heavy (non-hydrogen) atoms. The zero-order valence-corrected chi connectivity index (χ0v) is 15.2. The van der Waals surface area contributed by atoms with E-state index in [1.807, 2.05) is 0 Å². The van der Waals surface area contributed by atoms with Crippen LogP contribution in [-0.4, -0.2) is 28.1 Å². The highest BCUT2D eigenvalue weighted by atomic mass is 16.7. The van der Waals surface area contributed by atoms with E-state index in [-0.39, 0.29) is 23.9 Å². The fourth-order valence-electron chi connectivity index (χ4n) is 3.12. The lowest BCUT2D eigenvalue weighted by molar-refractivity contribution is 0.00578. The highest BCUT2D eigenvalue weighted by Gasteiger charge is 2.60. The first-order valence-corrected chi connectivity index (χ1v) is 8.35. The Balaban J connectivity index is 1.75. The third-order valence-electron chi connectivity index (χ3n) is 5.48. The van der Waals surface area contributed by atoms with E-state index >= 15 is 0 Å². The summed E-state index contributed by atoms with van der Waals surface area (Å²) in [5, 5.41) is 4.70. The van der Waals surface area contributed by atoms with Crippen LogP contribution in [0.1, 0.15) is 72.1 Å². The first-order chi connectivity index (χ1) is 9.92. The quantitative estimate of drug-likeness (QED) is 0.778. The molecule has 1 saturated carbocycles. The Kier molecular flexibility index (Phi) is 3.36. The van der Waals surface area contributed by atoms with Gasteiger partial charge in [-0.15, -0.1) is 0 Å². The molecular formula is C17H29BN2O2. The van der Waals surface area contributed by atoms with Gasteiger partial charge in [0.25, 0.3) is 0 Å². The third kappa shape index (κ3) is 2.52. The van der Waals surface area contributed by atoms with Gasteiger partial charge in [-0.25, -0.2) is 0 Å². The van der Waals surface area contributed by atoms with Crippen LogP contribution in [0.25, 0.3) is 0 Å². The van der Waals surface area contributed by atoms with Gasteiger partial charge in [-0.05, 0) is 73.3 Å². The summed E-state index contributed by atoms with van der Waals surface area (Å²) in [7, 11) is -0.0904. The van der Waals surface area contributed by atoms with Crippen molar-refractivity contribution in [1.82, 2.24) is 9.78 Å². The molecule has 1 saturated heterocycles. The first-order valence-electron chi connectivity index (χ1n) is 8.35. The second-order valence-corrected chi connectivity index (χ2v) is 8.92. The van der Waals surface area contributed by atoms with Gasteiger partial charge in [-0.1, -0.05) is 0 Å². The van der Waals surface area contributed by atoms with E-state index in [4.69, 9.17) is 14.4 Å². The average Bonchev–Trinajstić information content (AvgIpc) is 2.96. The van der Waals surface area contributed by atoms with Crippen LogP contribution in [-0.2, 0) is 14.8 Å². The molecule has 5 heteroatoms. The largest absolute Gasteiger partial charge is 0.461 e. The number of aryl methyl sites for hydroxylation is 1. The maximum Gasteiger partial charge on any atom is 0.461 e. The second kappa shape index (κ2) is 4.61. The van der Waals surface area contributed by atoms with Gasteiger partial charge in [0, 0.05) is 12.0 Å². The van der Waals surface area contributed by atoms with Crippen molar-refractivity contribution >= 4 is 7.12 Å². The first kappa shape index (κ1) is 16.1. The molecule has 1 aliphatic carbocycles. The minimum atomic E-state index is -0.241. The van der Waals surface area contributed by atoms with Crippen LogP contribution >= 0.6 is 0 Å². The van der Waals surface area contributed by atoms with Crippen LogP contribution in [0.4, 0.5) is 0 Å². The maximum absolute atomic E-state index is 6.20. The van der Waals surface area contributed by atoms with Crippen molar-refractivity contribution in [3.63, 3.8) is 0 Å². The molecule has 0 amide bonds. The zero-order chi connectivity index (χ0) is 16.5. The van der Waals surface area contributed by atoms with Crippen molar-refractivity contribution in [2.45, 2.75) is 90.3 Å². The molecule has 1 aromatic rings. The van der Waals surface area contributed by atoms with Crippen LogP contribution in [0.3, 0.4) is 0 Å². The fraction of sp³-hybridized carbons (Fsp3) is 0.824. The van der Waals surface area contributed by atoms with Gasteiger partial charge in [-0.2, -0.15) is 5.10 Å². The predicted octanol–water partition coefficient (Wildman–Crippen LogP) is 3.90. The molecule has 1 aliphatic heterocycles. The summed E-state index contributed by atoms with van der Waals surface area (Å²) in [5.41, 5.74) is 2.04. The molecule has 0 N–H and O–H groups in total. The van der Waals surface area contributed by atoms with E-state index in [1.54, 1.807) is 0 Å². The molecule has 1 aromatic heterocycles. The van der Waals surface area contributed by atoms with Crippen LogP contribution < -0.4 is 0 Å². The van der Waals surface area contributed by atoms with Gasteiger partial charge < -0.3 is 9.31 Å². The van der Waals surface area contributed by atoms with Gasteiger partial charge in [0.1, 0.15) is 0 Å². The SMILES string of the molecule is Cc1nn(C(C)(C)C)cc1[C@@H]1C[C@H]1B1OC(C)(C)C(C)(C)O1. The van der Waals surface area contributed by atoms with Crippen molar-refractivity contribution in [3.05, 3.63) is 17.5 Å². The van der Waals surface area contributed by atoms with Gasteiger partial charge in [0.05, 0.1) is 22.4 Å². The highest BCUT2D eigenvalue weighted by molar-refractivity contribution is 6.49. The van der Waals surface area contributed by atoms with Crippen molar-refractivity contribution in [1.29, 1.82) is 0 Å². The van der Waals surface area contributed by atoms with Crippen molar-refractivity contribution < 1.29 is 9.31 Å². The molecule has 2 atom stereocenters. The molecular weight excluding hydrogens is 275 g/mol. The summed E-state index contributed by atoms with van der Waals surface area (Å²) in [6.45, 7) is 17.1. The Labute approximate surface area is 134 Å². The second-order valence-electron chi connectivity index (χ2n) is 8.92. The lowest BCUT2D eigenvalue weighted by atomic mass is 9.79. The summed E-state index contributed by atoms with van der Waals surface area (Å²) in [6.07, 6.45) is 3.35. The summed E-state index contributed by atoms with van der Waals surface area (Å²) in [4.78, 5) is 0. The van der Waals surface area contributed by atoms with Crippen LogP contribution in [0, 0.1) is 6.92 Å². The minimum Gasteiger partial charge on any atom is -0.403 e. The summed E-state index contributed by atoms with van der Waals surface area (Å²) in [5.74, 6) is 0.975. The van der Waals surface area contributed by atoms with Crippen LogP contribution in [0.2, 0.25) is 5.82 Å². The highest BCUT2D eigenvalue weighted by Crippen LogP contribution is 2.58. The van der Waals surface area contributed by atoms with Gasteiger partial charge in [-0.3, -0.25) is 4.68 Å². The lowest BCUT2D eigenvalue weighted by Crippen LogP contribution is -2.41. The monoisotopic (exact) mass is 304 g/mol. The molecule has 122 valence electrons. The van der Waals surface area contributed by atoms with Gasteiger partial charge in [0.15, 0.2) is 0 Å². The molecule has 2 fully saturated rings. The lowest BCUT2D eigenvalue weighted by Gasteiger charge is -2.32. The van der Waals surface area contributed by atoms with E-state index in [2.05, 4.69) is 66.3 Å². The Bertz CT molecular complexity index is 570. The van der Waals surface area contributed by atoms with Gasteiger partial charge >= 0.3 is 7.12 Å². The third-order valence-corrected chi connectivity index (χ3v) is 5.48. The molecule has 3 rings (SSSR count). The summed E-state index contributed by atoms with van der Waals surface area (Å²) >= 11 is 0. The molecule has 0 aromatic carbocycles. The summed E-state index contributed by atoms with van der Waals surface area (Å²) < 4.78 is 14.5. The standard InChI is InChI=1S/C17H29BN2O2/c1-11-13(10-20(19-11)15(2,3)4)12-9-14(12)18-21-16(5,6)17(7,8)22-18/h10,12,14H,9H2,1-8H3/t12-,14+/m0/s1. The molecule has 0 unspecified atom stereocenters. The average molecular weight is 304 g/mol. The molecule has 0 bridgehead atoms. The maximum atomic E-state index is 6.20. The van der Waals surface area contributed by atoms with Crippen molar-refractivity contribution in [3.8, 4) is 0 Å². The Morgan fingerprint density at radius 2 is 1.73 bits per heavy atom. The smallest absolute Gasteiger partial charge is 0.403 e. The molecule has 4 nitrogen and oxygen atoms in total. The number of hydrogen-bond acceptors (Lipinski definition) is 3. The predicted molar refractivity (Wildman–Crippen MR) is 89.2 cm³/mol. The van der Waals surface area contributed by atoms with E-state index in [9.17, 15) is 0 Å². The van der Waals surface area contributed by atoms with E-state index in [0.29, 0.717) is 11.7 Å². The minimum absolute atomic E-state index is 0.0255. The van der Waals surface area contributed by atoms with Gasteiger partial charge in [0.2, 0.25) is 0 Å². The Morgan fingerprint density at radius 1 is 1.18 bits per heavy atom. The summed E-state index contributed by atoms with van der Waals surface area (Å²) in [6, 6.07) is 0. The van der Waals surface area contributed by atoms with E-state index in [0.717, 1.165) is 12.1 Å². The number of aromatic nitrogens is 2. The van der Waals surface area contributed by atoms with Crippen LogP contribution in [0.5, 0.6) is 0 Å². The zero-order valence-electron chi connectivity index (χ0n) is 15.2. The van der Waals surface area contributed by atoms with E-state index in [1.165, 1.54) is 5.56 Å². The normalized spacial score (nSPS) is 29.9. The fourth-order valence-corrected chi connectivity index (χ4v) is 3.12. The Morgan fingerprint density at radius 3 is 2.18 bits per heavy atom. The van der Waals surface area contributed by atoms with Crippen LogP contribution in [0.15, 0.2) is 6.20 Å².